The predicted molar refractivity (Wildman–Crippen MR) is 93.3 cm³/mol. The molecule has 0 aliphatic rings. The van der Waals surface area contributed by atoms with Gasteiger partial charge in [0.05, 0.1) is 17.1 Å². The van der Waals surface area contributed by atoms with Crippen LogP contribution in [-0.2, 0) is 16.4 Å². The Morgan fingerprint density at radius 2 is 1.72 bits per heavy atom. The van der Waals surface area contributed by atoms with Crippen LogP contribution >= 0.6 is 0 Å². The van der Waals surface area contributed by atoms with E-state index in [0.717, 1.165) is 11.8 Å². The normalized spacial score (nSPS) is 11.4. The highest BCUT2D eigenvalue weighted by atomic mass is 32.2. The van der Waals surface area contributed by atoms with Crippen LogP contribution in [0, 0.1) is 0 Å². The van der Waals surface area contributed by atoms with Gasteiger partial charge in [0, 0.05) is 6.26 Å². The second-order valence-corrected chi connectivity index (χ2v) is 7.68. The summed E-state index contributed by atoms with van der Waals surface area (Å²) in [5.41, 5.74) is 2.24. The van der Waals surface area contributed by atoms with E-state index in [4.69, 9.17) is 0 Å². The van der Waals surface area contributed by atoms with Gasteiger partial charge < -0.3 is 5.11 Å². The van der Waals surface area contributed by atoms with Gasteiger partial charge in [0.1, 0.15) is 0 Å². The second kappa shape index (κ2) is 6.52. The third kappa shape index (κ3) is 3.77. The molecule has 0 amide bonds. The van der Waals surface area contributed by atoms with E-state index in [1.807, 2.05) is 30.3 Å². The van der Waals surface area contributed by atoms with Crippen LogP contribution in [0.1, 0.15) is 16.1 Å². The molecule has 128 valence electrons. The Hall–Kier alpha value is -2.93. The molecule has 0 unspecified atom stereocenters. The molecule has 1 heterocycles. The molecule has 2 aromatic carbocycles. The quantitative estimate of drug-likeness (QED) is 0.759. The van der Waals surface area contributed by atoms with Gasteiger partial charge in [0.2, 0.25) is 0 Å². The highest BCUT2D eigenvalue weighted by Gasteiger charge is 2.16. The van der Waals surface area contributed by atoms with Crippen LogP contribution < -0.4 is 0 Å². The third-order valence-electron chi connectivity index (χ3n) is 3.75. The zero-order chi connectivity index (χ0) is 18.0. The minimum Gasteiger partial charge on any atom is -0.476 e. The summed E-state index contributed by atoms with van der Waals surface area (Å²) in [5.74, 6) is -1.11. The summed E-state index contributed by atoms with van der Waals surface area (Å²) in [6, 6.07) is 17.4. The highest BCUT2D eigenvalue weighted by molar-refractivity contribution is 7.90. The summed E-state index contributed by atoms with van der Waals surface area (Å²) in [5, 5.41) is 13.4. The van der Waals surface area contributed by atoms with Crippen molar-refractivity contribution >= 4 is 15.8 Å². The molecule has 7 heteroatoms. The van der Waals surface area contributed by atoms with Crippen LogP contribution in [0.4, 0.5) is 0 Å². The Bertz CT molecular complexity index is 1010. The lowest BCUT2D eigenvalue weighted by Gasteiger charge is -2.08. The number of carbonyl (C=O) groups is 1. The van der Waals surface area contributed by atoms with Crippen LogP contribution in [0.25, 0.3) is 11.3 Å². The molecule has 0 fully saturated rings. The molecule has 0 spiro atoms. The minimum absolute atomic E-state index is 0.0573. The van der Waals surface area contributed by atoms with Crippen molar-refractivity contribution in [3.05, 3.63) is 71.9 Å². The van der Waals surface area contributed by atoms with Crippen LogP contribution in [0.3, 0.4) is 0 Å². The average molecular weight is 356 g/mol. The molecule has 0 bridgehead atoms. The number of carboxylic acids is 1. The first-order chi connectivity index (χ1) is 11.8. The average Bonchev–Trinajstić information content (AvgIpc) is 2.99. The van der Waals surface area contributed by atoms with Crippen LogP contribution in [0.15, 0.2) is 65.6 Å². The van der Waals surface area contributed by atoms with Crippen molar-refractivity contribution < 1.29 is 18.3 Å². The number of hydrogen-bond donors (Lipinski definition) is 1. The number of nitrogens with zero attached hydrogens (tertiary/aromatic N) is 2. The van der Waals surface area contributed by atoms with Gasteiger partial charge in [0.25, 0.3) is 0 Å². The number of sulfone groups is 1. The zero-order valence-electron chi connectivity index (χ0n) is 13.5. The first-order valence-electron chi connectivity index (χ1n) is 7.50. The Morgan fingerprint density at radius 3 is 2.28 bits per heavy atom. The first kappa shape index (κ1) is 16.9. The summed E-state index contributed by atoms with van der Waals surface area (Å²) < 4.78 is 24.8. The smallest absolute Gasteiger partial charge is 0.356 e. The zero-order valence-corrected chi connectivity index (χ0v) is 14.3. The molecule has 0 saturated heterocycles. The lowest BCUT2D eigenvalue weighted by atomic mass is 10.1. The highest BCUT2D eigenvalue weighted by Crippen LogP contribution is 2.23. The van der Waals surface area contributed by atoms with Gasteiger partial charge in [-0.15, -0.1) is 0 Å². The maximum Gasteiger partial charge on any atom is 0.356 e. The van der Waals surface area contributed by atoms with Gasteiger partial charge in [0.15, 0.2) is 15.5 Å². The summed E-state index contributed by atoms with van der Waals surface area (Å²) in [4.78, 5) is 11.5. The summed E-state index contributed by atoms with van der Waals surface area (Å²) in [6.07, 6.45) is 1.14. The fourth-order valence-corrected chi connectivity index (χ4v) is 3.13. The molecule has 0 saturated carbocycles. The van der Waals surface area contributed by atoms with Gasteiger partial charge in [-0.3, -0.25) is 4.68 Å². The number of hydrogen-bond acceptors (Lipinski definition) is 4. The summed E-state index contributed by atoms with van der Waals surface area (Å²) >= 11 is 0. The summed E-state index contributed by atoms with van der Waals surface area (Å²) in [6.45, 7) is 0.414. The molecule has 0 radical (unpaired) electrons. The molecule has 0 atom stereocenters. The van der Waals surface area contributed by atoms with Gasteiger partial charge in [-0.25, -0.2) is 13.2 Å². The van der Waals surface area contributed by atoms with E-state index in [9.17, 15) is 18.3 Å². The van der Waals surface area contributed by atoms with E-state index in [0.29, 0.717) is 17.8 Å². The topological polar surface area (TPSA) is 89.3 Å². The van der Waals surface area contributed by atoms with Crippen molar-refractivity contribution in [3.63, 3.8) is 0 Å². The second-order valence-electron chi connectivity index (χ2n) is 5.66. The number of benzene rings is 2. The van der Waals surface area contributed by atoms with Gasteiger partial charge >= 0.3 is 5.97 Å². The van der Waals surface area contributed by atoms with Crippen LogP contribution in [0.5, 0.6) is 0 Å². The molecular weight excluding hydrogens is 340 g/mol. The Morgan fingerprint density at radius 1 is 1.08 bits per heavy atom. The van der Waals surface area contributed by atoms with Crippen molar-refractivity contribution in [1.82, 2.24) is 9.78 Å². The Kier molecular flexibility index (Phi) is 4.41. The SMILES string of the molecule is CS(=O)(=O)c1ccc(-c2cc(C(=O)O)nn2Cc2ccccc2)cc1. The van der Waals surface area contributed by atoms with E-state index >= 15 is 0 Å². The molecule has 3 aromatic rings. The standard InChI is InChI=1S/C18H16N2O4S/c1-25(23,24)15-9-7-14(8-10-15)17-11-16(18(21)22)19-20(17)12-13-5-3-2-4-6-13/h2-11H,12H2,1H3,(H,21,22). The lowest BCUT2D eigenvalue weighted by molar-refractivity contribution is 0.0689. The maximum absolute atomic E-state index is 11.6. The molecule has 25 heavy (non-hydrogen) atoms. The lowest BCUT2D eigenvalue weighted by Crippen LogP contribution is -2.06. The maximum atomic E-state index is 11.6. The van der Waals surface area contributed by atoms with Crippen LogP contribution in [0.2, 0.25) is 0 Å². The predicted octanol–water partition coefficient (Wildman–Crippen LogP) is 2.70. The van der Waals surface area contributed by atoms with Crippen molar-refractivity contribution in [1.29, 1.82) is 0 Å². The van der Waals surface area contributed by atoms with Crippen LogP contribution in [-0.4, -0.2) is 35.5 Å². The Labute approximate surface area is 145 Å². The number of carboxylic acid groups (broad SMARTS) is 1. The molecule has 3 rings (SSSR count). The van der Waals surface area contributed by atoms with Crippen molar-refractivity contribution in [2.75, 3.05) is 6.26 Å². The summed E-state index contributed by atoms with van der Waals surface area (Å²) in [7, 11) is -3.29. The van der Waals surface area contributed by atoms with E-state index in [1.165, 1.54) is 18.2 Å². The van der Waals surface area contributed by atoms with E-state index in [2.05, 4.69) is 5.10 Å². The molecule has 0 aliphatic heterocycles. The molecule has 1 aromatic heterocycles. The van der Waals surface area contributed by atoms with Gasteiger partial charge in [-0.05, 0) is 29.3 Å². The fraction of sp³-hybridized carbons (Fsp3) is 0.111. The Balaban J connectivity index is 2.04. The van der Waals surface area contributed by atoms with E-state index < -0.39 is 15.8 Å². The largest absolute Gasteiger partial charge is 0.476 e. The van der Waals surface area contributed by atoms with Crippen molar-refractivity contribution in [2.24, 2.45) is 0 Å². The number of rotatable bonds is 5. The van der Waals surface area contributed by atoms with E-state index in [-0.39, 0.29) is 10.6 Å². The molecular formula is C18H16N2O4S. The first-order valence-corrected chi connectivity index (χ1v) is 9.39. The van der Waals surface area contributed by atoms with E-state index in [1.54, 1.807) is 16.8 Å². The number of aromatic nitrogens is 2. The molecule has 1 N–H and O–H groups in total. The third-order valence-corrected chi connectivity index (χ3v) is 4.88. The van der Waals surface area contributed by atoms with Crippen molar-refractivity contribution in [2.45, 2.75) is 11.4 Å². The fourth-order valence-electron chi connectivity index (χ4n) is 2.50. The molecule has 0 aliphatic carbocycles. The monoisotopic (exact) mass is 356 g/mol. The number of aromatic carboxylic acids is 1. The minimum atomic E-state index is -3.29. The van der Waals surface area contributed by atoms with Crippen molar-refractivity contribution in [3.8, 4) is 11.3 Å². The molecule has 6 nitrogen and oxygen atoms in total. The van der Waals surface area contributed by atoms with Gasteiger partial charge in [-0.2, -0.15) is 5.10 Å². The van der Waals surface area contributed by atoms with Gasteiger partial charge in [-0.1, -0.05) is 42.5 Å².